The number of amides is 1. The highest BCUT2D eigenvalue weighted by Crippen LogP contribution is 2.40. The molecule has 104 valence electrons. The molecule has 0 aromatic heterocycles. The molecule has 0 saturated heterocycles. The smallest absolute Gasteiger partial charge is 0.274 e. The molecule has 1 aromatic carbocycles. The van der Waals surface area contributed by atoms with Gasteiger partial charge in [-0.25, -0.2) is 0 Å². The van der Waals surface area contributed by atoms with Crippen molar-refractivity contribution in [2.24, 2.45) is 5.41 Å². The first kappa shape index (κ1) is 14.5. The van der Waals surface area contributed by atoms with Crippen LogP contribution >= 0.6 is 23.2 Å². The van der Waals surface area contributed by atoms with Crippen LogP contribution in [0.3, 0.4) is 0 Å². The number of hydrogen-bond donors (Lipinski definition) is 1. The monoisotopic (exact) mass is 302 g/mol. The van der Waals surface area contributed by atoms with Crippen LogP contribution in [-0.2, 0) is 4.79 Å². The number of rotatable bonds is 2. The van der Waals surface area contributed by atoms with E-state index in [0.717, 1.165) is 25.7 Å². The Hall–Kier alpha value is -0.930. The van der Waals surface area contributed by atoms with Gasteiger partial charge in [0.15, 0.2) is 5.02 Å². The van der Waals surface area contributed by atoms with Crippen LogP contribution in [0.25, 0.3) is 0 Å². The van der Waals surface area contributed by atoms with E-state index in [0.29, 0.717) is 5.69 Å². The van der Waals surface area contributed by atoms with Crippen LogP contribution in [0.1, 0.15) is 39.0 Å². The Morgan fingerprint density at radius 1 is 1.21 bits per heavy atom. The van der Waals surface area contributed by atoms with Crippen molar-refractivity contribution in [3.05, 3.63) is 22.2 Å². The van der Waals surface area contributed by atoms with Crippen LogP contribution in [-0.4, -0.2) is 11.0 Å². The first-order chi connectivity index (χ1) is 8.94. The van der Waals surface area contributed by atoms with Crippen molar-refractivity contribution in [1.82, 2.24) is 0 Å². The van der Waals surface area contributed by atoms with Gasteiger partial charge in [0.25, 0.3) is 5.75 Å². The standard InChI is InChI=1S/C14H17Cl2NO2/c1-14(7-3-2-4-8-14)13(19)17-9-5-6-10(18)12(16)11(9)15/h5-6,18H,2-4,7-8H2,1H3,(H,17,19)/p+1. The van der Waals surface area contributed by atoms with Crippen molar-refractivity contribution in [2.45, 2.75) is 39.0 Å². The van der Waals surface area contributed by atoms with Crippen LogP contribution in [0.15, 0.2) is 12.1 Å². The number of nitrogens with one attached hydrogen (secondary N) is 1. The fourth-order valence-electron chi connectivity index (χ4n) is 2.48. The van der Waals surface area contributed by atoms with Gasteiger partial charge in [0, 0.05) is 11.5 Å². The van der Waals surface area contributed by atoms with Crippen molar-refractivity contribution in [3.8, 4) is 5.75 Å². The third kappa shape index (κ3) is 2.98. The molecule has 1 saturated carbocycles. The summed E-state index contributed by atoms with van der Waals surface area (Å²) in [6, 6.07) is 3.16. The van der Waals surface area contributed by atoms with Crippen molar-refractivity contribution >= 4 is 34.8 Å². The minimum Gasteiger partial charge on any atom is -0.592 e. The number of anilines is 1. The van der Waals surface area contributed by atoms with Crippen molar-refractivity contribution in [3.63, 3.8) is 0 Å². The van der Waals surface area contributed by atoms with Crippen LogP contribution < -0.4 is 5.32 Å². The maximum absolute atomic E-state index is 12.4. The van der Waals surface area contributed by atoms with Gasteiger partial charge in [-0.3, -0.25) is 4.79 Å². The van der Waals surface area contributed by atoms with Gasteiger partial charge in [0.2, 0.25) is 5.91 Å². The van der Waals surface area contributed by atoms with E-state index >= 15 is 0 Å². The Balaban J connectivity index is 2.17. The van der Waals surface area contributed by atoms with Gasteiger partial charge in [0.1, 0.15) is 0 Å². The van der Waals surface area contributed by atoms with Crippen LogP contribution in [0.4, 0.5) is 5.69 Å². The first-order valence-corrected chi connectivity index (χ1v) is 7.21. The highest BCUT2D eigenvalue weighted by Gasteiger charge is 2.34. The average molecular weight is 303 g/mol. The van der Waals surface area contributed by atoms with Crippen LogP contribution in [0.5, 0.6) is 5.75 Å². The Morgan fingerprint density at radius 3 is 2.47 bits per heavy atom. The van der Waals surface area contributed by atoms with Crippen molar-refractivity contribution in [1.29, 1.82) is 0 Å². The molecular formula is C14H18Cl2NO2+. The molecular weight excluding hydrogens is 285 g/mol. The SMILES string of the molecule is CC1(C(=O)Nc2ccc([OH2+])c(Cl)c2Cl)CCCCC1. The molecule has 0 aliphatic heterocycles. The summed E-state index contributed by atoms with van der Waals surface area (Å²) < 4.78 is 0. The summed E-state index contributed by atoms with van der Waals surface area (Å²) in [6.45, 7) is 2.00. The number of benzene rings is 1. The van der Waals surface area contributed by atoms with Crippen LogP contribution in [0, 0.1) is 5.41 Å². The van der Waals surface area contributed by atoms with E-state index in [9.17, 15) is 4.79 Å². The average Bonchev–Trinajstić information content (AvgIpc) is 2.40. The molecule has 1 aliphatic rings. The quantitative estimate of drug-likeness (QED) is 0.812. The van der Waals surface area contributed by atoms with Gasteiger partial charge in [-0.05, 0) is 18.9 Å². The summed E-state index contributed by atoms with van der Waals surface area (Å²) in [4.78, 5) is 12.4. The summed E-state index contributed by atoms with van der Waals surface area (Å²) >= 11 is 12.0. The fraction of sp³-hybridized carbons (Fsp3) is 0.500. The van der Waals surface area contributed by atoms with Gasteiger partial charge < -0.3 is 10.4 Å². The third-order valence-electron chi connectivity index (χ3n) is 3.84. The molecule has 0 unspecified atom stereocenters. The summed E-state index contributed by atoms with van der Waals surface area (Å²) in [7, 11) is 0. The Kier molecular flexibility index (Phi) is 4.26. The summed E-state index contributed by atoms with van der Waals surface area (Å²) in [5.74, 6) is 0.149. The Morgan fingerprint density at radius 2 is 1.84 bits per heavy atom. The minimum absolute atomic E-state index is 0.0112. The zero-order valence-corrected chi connectivity index (χ0v) is 12.4. The summed E-state index contributed by atoms with van der Waals surface area (Å²) in [5.41, 5.74) is 0.160. The molecule has 0 atom stereocenters. The molecule has 0 bridgehead atoms. The summed E-state index contributed by atoms with van der Waals surface area (Å²) in [6.07, 6.45) is 5.18. The molecule has 1 aliphatic carbocycles. The molecule has 0 heterocycles. The van der Waals surface area contributed by atoms with Crippen molar-refractivity contribution in [2.75, 3.05) is 5.32 Å². The number of carbonyl (C=O) groups excluding carboxylic acids is 1. The fourth-order valence-corrected chi connectivity index (χ4v) is 2.86. The molecule has 3 nitrogen and oxygen atoms in total. The van der Waals surface area contributed by atoms with E-state index < -0.39 is 0 Å². The zero-order chi connectivity index (χ0) is 14.0. The lowest BCUT2D eigenvalue weighted by Crippen LogP contribution is -2.35. The number of halogens is 2. The van der Waals surface area contributed by atoms with Gasteiger partial charge in [-0.2, -0.15) is 0 Å². The topological polar surface area (TPSA) is 52.0 Å². The number of carbonyl (C=O) groups is 1. The van der Waals surface area contributed by atoms with Gasteiger partial charge >= 0.3 is 0 Å². The predicted molar refractivity (Wildman–Crippen MR) is 79.3 cm³/mol. The molecule has 0 radical (unpaired) electrons. The first-order valence-electron chi connectivity index (χ1n) is 6.45. The number of hydrogen-bond acceptors (Lipinski definition) is 1. The molecule has 5 heteroatoms. The maximum Gasteiger partial charge on any atom is 0.274 e. The van der Waals surface area contributed by atoms with E-state index in [-0.39, 0.29) is 27.1 Å². The minimum atomic E-state index is -0.326. The lowest BCUT2D eigenvalue weighted by molar-refractivity contribution is -0.126. The lowest BCUT2D eigenvalue weighted by Gasteiger charge is -2.32. The van der Waals surface area contributed by atoms with E-state index in [2.05, 4.69) is 5.32 Å². The maximum atomic E-state index is 12.4. The third-order valence-corrected chi connectivity index (χ3v) is 4.72. The molecule has 1 aromatic rings. The zero-order valence-electron chi connectivity index (χ0n) is 10.9. The predicted octanol–water partition coefficient (Wildman–Crippen LogP) is 4.34. The van der Waals surface area contributed by atoms with Gasteiger partial charge in [-0.1, -0.05) is 49.4 Å². The molecule has 19 heavy (non-hydrogen) atoms. The van der Waals surface area contributed by atoms with Crippen LogP contribution in [0.2, 0.25) is 10.0 Å². The van der Waals surface area contributed by atoms with E-state index in [1.54, 1.807) is 6.07 Å². The second-order valence-corrected chi connectivity index (χ2v) is 6.12. The van der Waals surface area contributed by atoms with E-state index in [4.69, 9.17) is 28.3 Å². The largest absolute Gasteiger partial charge is 0.592 e. The molecule has 1 fully saturated rings. The Bertz CT molecular complexity index is 496. The highest BCUT2D eigenvalue weighted by molar-refractivity contribution is 6.44. The highest BCUT2D eigenvalue weighted by atomic mass is 35.5. The summed E-state index contributed by atoms with van der Waals surface area (Å²) in [5, 5.41) is 10.8. The van der Waals surface area contributed by atoms with Crippen molar-refractivity contribution < 1.29 is 9.90 Å². The van der Waals surface area contributed by atoms with Gasteiger partial charge in [0.05, 0.1) is 10.7 Å². The molecule has 3 N–H and O–H groups in total. The second-order valence-electron chi connectivity index (χ2n) is 5.36. The second kappa shape index (κ2) is 5.59. The molecule has 2 rings (SSSR count). The van der Waals surface area contributed by atoms with Gasteiger partial charge in [-0.15, -0.1) is 0 Å². The normalized spacial score (nSPS) is 18.1. The van der Waals surface area contributed by atoms with E-state index in [1.165, 1.54) is 12.5 Å². The molecule has 0 spiro atoms. The Labute approximate surface area is 122 Å². The lowest BCUT2D eigenvalue weighted by atomic mass is 9.75. The molecule has 1 amide bonds. The van der Waals surface area contributed by atoms with E-state index in [1.807, 2.05) is 6.92 Å².